The van der Waals surface area contributed by atoms with Crippen molar-refractivity contribution in [3.05, 3.63) is 71.8 Å². The van der Waals surface area contributed by atoms with E-state index in [4.69, 9.17) is 14.6 Å². The molecule has 1 amide bonds. The number of primary sulfonamides is 1. The fourth-order valence-corrected chi connectivity index (χ4v) is 4.85. The van der Waals surface area contributed by atoms with Crippen LogP contribution in [-0.4, -0.2) is 21.1 Å². The summed E-state index contributed by atoms with van der Waals surface area (Å²) in [6.45, 7) is 2.22. The van der Waals surface area contributed by atoms with Crippen LogP contribution < -0.4 is 19.9 Å². The molecule has 0 unspecified atom stereocenters. The van der Waals surface area contributed by atoms with E-state index in [1.807, 2.05) is 49.4 Å². The lowest BCUT2D eigenvalue weighted by molar-refractivity contribution is -0.118. The SMILES string of the molecule is CCc1ccc(NC(=O)C2(c3ccc4c(c3)OCO4)CC2)cc1-c1cccc(S(N)(=O)=O)c1.[HH]. The topological polar surface area (TPSA) is 108 Å². The predicted molar refractivity (Wildman–Crippen MR) is 127 cm³/mol. The minimum absolute atomic E-state index is 0. The third-order valence-corrected chi connectivity index (χ3v) is 7.24. The van der Waals surface area contributed by atoms with Gasteiger partial charge in [0.15, 0.2) is 11.5 Å². The second-order valence-electron chi connectivity index (χ2n) is 8.40. The molecule has 1 aliphatic carbocycles. The number of sulfonamides is 1. The fraction of sp³-hybridized carbons (Fsp3) is 0.240. The molecule has 0 saturated heterocycles. The van der Waals surface area contributed by atoms with E-state index in [0.717, 1.165) is 41.5 Å². The molecule has 3 aromatic carbocycles. The van der Waals surface area contributed by atoms with E-state index in [9.17, 15) is 13.2 Å². The summed E-state index contributed by atoms with van der Waals surface area (Å²) < 4.78 is 34.5. The highest BCUT2D eigenvalue weighted by molar-refractivity contribution is 7.89. The highest BCUT2D eigenvalue weighted by Gasteiger charge is 2.51. The first kappa shape index (κ1) is 21.5. The number of anilines is 1. The molecule has 2 aliphatic rings. The number of rotatable bonds is 6. The molecule has 1 saturated carbocycles. The number of fused-ring (bicyclic) bond motifs is 1. The zero-order chi connectivity index (χ0) is 23.2. The van der Waals surface area contributed by atoms with Crippen LogP contribution in [0.1, 0.15) is 32.3 Å². The maximum atomic E-state index is 13.3. The smallest absolute Gasteiger partial charge is 0.238 e. The normalized spacial score (nSPS) is 15.8. The minimum atomic E-state index is -3.82. The molecule has 1 fully saturated rings. The Morgan fingerprint density at radius 3 is 2.58 bits per heavy atom. The Morgan fingerprint density at radius 1 is 1.06 bits per heavy atom. The maximum absolute atomic E-state index is 13.3. The first-order valence-electron chi connectivity index (χ1n) is 10.8. The summed E-state index contributed by atoms with van der Waals surface area (Å²) >= 11 is 0. The van der Waals surface area contributed by atoms with Crippen LogP contribution in [0.4, 0.5) is 5.69 Å². The number of benzene rings is 3. The average molecular weight is 467 g/mol. The summed E-state index contributed by atoms with van der Waals surface area (Å²) in [5.74, 6) is 1.28. The summed E-state index contributed by atoms with van der Waals surface area (Å²) in [5, 5.41) is 8.38. The molecular formula is C25H26N2O5S. The van der Waals surface area contributed by atoms with Crippen LogP contribution in [0, 0.1) is 0 Å². The zero-order valence-electron chi connectivity index (χ0n) is 18.1. The van der Waals surface area contributed by atoms with E-state index in [-0.39, 0.29) is 19.0 Å². The largest absolute Gasteiger partial charge is 0.454 e. The molecule has 0 atom stereocenters. The van der Waals surface area contributed by atoms with Crippen LogP contribution in [0.25, 0.3) is 11.1 Å². The van der Waals surface area contributed by atoms with Gasteiger partial charge in [-0.25, -0.2) is 13.6 Å². The van der Waals surface area contributed by atoms with Gasteiger partial charge >= 0.3 is 0 Å². The third-order valence-electron chi connectivity index (χ3n) is 6.33. The van der Waals surface area contributed by atoms with E-state index < -0.39 is 15.4 Å². The van der Waals surface area contributed by atoms with Gasteiger partial charge in [0.1, 0.15) is 0 Å². The third kappa shape index (κ3) is 3.96. The van der Waals surface area contributed by atoms with Gasteiger partial charge in [0.2, 0.25) is 22.7 Å². The first-order valence-corrected chi connectivity index (χ1v) is 12.3. The Labute approximate surface area is 194 Å². The number of hydrogen-bond donors (Lipinski definition) is 2. The van der Waals surface area contributed by atoms with Crippen LogP contribution in [0.15, 0.2) is 65.6 Å². The fourth-order valence-electron chi connectivity index (χ4n) is 4.29. The van der Waals surface area contributed by atoms with Gasteiger partial charge in [0.05, 0.1) is 10.3 Å². The van der Waals surface area contributed by atoms with E-state index in [0.29, 0.717) is 17.2 Å². The number of nitrogens with one attached hydrogen (secondary N) is 1. The molecule has 172 valence electrons. The standard InChI is InChI=1S/C25H24N2O5S.H2/c1-2-16-6-8-19(14-21(16)17-4-3-5-20(12-17)33(26,29)30)27-24(28)25(10-11-25)18-7-9-22-23(13-18)32-15-31-22;/h3-9,12-14H,2,10-11,15H2,1H3,(H,27,28)(H2,26,29,30);1H. The monoisotopic (exact) mass is 466 g/mol. The molecule has 7 nitrogen and oxygen atoms in total. The molecule has 0 spiro atoms. The van der Waals surface area contributed by atoms with E-state index in [2.05, 4.69) is 5.32 Å². The molecule has 5 rings (SSSR count). The van der Waals surface area contributed by atoms with Gasteiger partial charge < -0.3 is 14.8 Å². The van der Waals surface area contributed by atoms with Crippen LogP contribution >= 0.6 is 0 Å². The summed E-state index contributed by atoms with van der Waals surface area (Å²) in [6.07, 6.45) is 2.27. The molecule has 0 bridgehead atoms. The van der Waals surface area contributed by atoms with Crippen LogP contribution in [0.2, 0.25) is 0 Å². The lowest BCUT2D eigenvalue weighted by Crippen LogP contribution is -2.27. The van der Waals surface area contributed by atoms with Gasteiger partial charge in [0, 0.05) is 7.11 Å². The summed E-state index contributed by atoms with van der Waals surface area (Å²) in [7, 11) is -3.82. The number of carbonyl (C=O) groups excluding carboxylic acids is 1. The molecule has 1 heterocycles. The second-order valence-corrected chi connectivity index (χ2v) is 9.96. The van der Waals surface area contributed by atoms with Gasteiger partial charge in [-0.05, 0) is 77.9 Å². The van der Waals surface area contributed by atoms with Crippen LogP contribution in [-0.2, 0) is 26.7 Å². The quantitative estimate of drug-likeness (QED) is 0.566. The van der Waals surface area contributed by atoms with Crippen molar-refractivity contribution in [1.82, 2.24) is 0 Å². The van der Waals surface area contributed by atoms with E-state index in [1.165, 1.54) is 6.07 Å². The Balaban J connectivity index is 0.00000274. The van der Waals surface area contributed by atoms with Crippen LogP contribution in [0.3, 0.4) is 0 Å². The lowest BCUT2D eigenvalue weighted by atomic mass is 9.93. The van der Waals surface area contributed by atoms with Crippen LogP contribution in [0.5, 0.6) is 11.5 Å². The van der Waals surface area contributed by atoms with Crippen molar-refractivity contribution in [1.29, 1.82) is 0 Å². The van der Waals surface area contributed by atoms with Crippen molar-refractivity contribution in [3.8, 4) is 22.6 Å². The van der Waals surface area contributed by atoms with E-state index in [1.54, 1.807) is 12.1 Å². The molecule has 0 radical (unpaired) electrons. The highest BCUT2D eigenvalue weighted by Crippen LogP contribution is 2.51. The van der Waals surface area contributed by atoms with Gasteiger partial charge in [-0.3, -0.25) is 4.79 Å². The molecule has 0 aromatic heterocycles. The molecule has 1 aliphatic heterocycles. The first-order chi connectivity index (χ1) is 15.8. The molecule has 33 heavy (non-hydrogen) atoms. The lowest BCUT2D eigenvalue weighted by Gasteiger charge is -2.18. The number of hydrogen-bond acceptors (Lipinski definition) is 5. The Kier molecular flexibility index (Phi) is 5.14. The van der Waals surface area contributed by atoms with Crippen molar-refractivity contribution >= 4 is 21.6 Å². The minimum Gasteiger partial charge on any atom is -0.454 e. The Hall–Kier alpha value is -3.36. The van der Waals surface area contributed by atoms with Gasteiger partial charge in [-0.2, -0.15) is 0 Å². The predicted octanol–water partition coefficient (Wildman–Crippen LogP) is 4.21. The van der Waals surface area contributed by atoms with Gasteiger partial charge in [-0.1, -0.05) is 31.2 Å². The highest BCUT2D eigenvalue weighted by atomic mass is 32.2. The summed E-state index contributed by atoms with van der Waals surface area (Å²) in [6, 6.07) is 17.9. The molecular weight excluding hydrogens is 440 g/mol. The number of aryl methyl sites for hydroxylation is 1. The molecule has 8 heteroatoms. The average Bonchev–Trinajstić information content (AvgIpc) is 3.49. The summed E-state index contributed by atoms with van der Waals surface area (Å²) in [5.41, 5.74) is 3.60. The summed E-state index contributed by atoms with van der Waals surface area (Å²) in [4.78, 5) is 13.4. The van der Waals surface area contributed by atoms with Gasteiger partial charge in [-0.15, -0.1) is 0 Å². The second kappa shape index (κ2) is 7.90. The molecule has 3 N–H and O–H groups in total. The zero-order valence-corrected chi connectivity index (χ0v) is 18.9. The molecule has 3 aromatic rings. The Morgan fingerprint density at radius 2 is 1.85 bits per heavy atom. The van der Waals surface area contributed by atoms with Crippen molar-refractivity contribution in [2.45, 2.75) is 36.5 Å². The van der Waals surface area contributed by atoms with Crippen molar-refractivity contribution < 1.29 is 24.1 Å². The number of ether oxygens (including phenoxy) is 2. The van der Waals surface area contributed by atoms with E-state index >= 15 is 0 Å². The van der Waals surface area contributed by atoms with Gasteiger partial charge in [0.25, 0.3) is 0 Å². The van der Waals surface area contributed by atoms with Crippen molar-refractivity contribution in [2.24, 2.45) is 5.14 Å². The van der Waals surface area contributed by atoms with Crippen molar-refractivity contribution in [3.63, 3.8) is 0 Å². The number of carbonyl (C=O) groups is 1. The number of nitrogens with two attached hydrogens (primary N) is 1. The Bertz CT molecular complexity index is 1370. The number of amides is 1. The van der Waals surface area contributed by atoms with Crippen molar-refractivity contribution in [2.75, 3.05) is 12.1 Å². The maximum Gasteiger partial charge on any atom is 0.238 e.